The van der Waals surface area contributed by atoms with Crippen molar-refractivity contribution < 1.29 is 14.4 Å². The largest absolute Gasteiger partial charge is 0.467 e. The number of benzene rings is 3. The first-order chi connectivity index (χ1) is 16.5. The van der Waals surface area contributed by atoms with Crippen LogP contribution in [0.3, 0.4) is 0 Å². The van der Waals surface area contributed by atoms with Crippen molar-refractivity contribution in [2.75, 3.05) is 6.79 Å². The third-order valence-electron chi connectivity index (χ3n) is 5.69. The van der Waals surface area contributed by atoms with Crippen LogP contribution < -0.4 is 10.3 Å². The van der Waals surface area contributed by atoms with Gasteiger partial charge >= 0.3 is 0 Å². The van der Waals surface area contributed by atoms with Gasteiger partial charge in [-0.2, -0.15) is 0 Å². The van der Waals surface area contributed by atoms with Crippen LogP contribution in [0, 0.1) is 10.1 Å². The molecule has 34 heavy (non-hydrogen) atoms. The highest BCUT2D eigenvalue weighted by Gasteiger charge is 2.22. The topological polar surface area (TPSA) is 96.5 Å². The van der Waals surface area contributed by atoms with Gasteiger partial charge in [-0.25, -0.2) is 4.98 Å². The quantitative estimate of drug-likeness (QED) is 0.167. The van der Waals surface area contributed by atoms with Crippen molar-refractivity contribution in [3.05, 3.63) is 97.8 Å². The first kappa shape index (κ1) is 22.1. The van der Waals surface area contributed by atoms with Gasteiger partial charge in [0, 0.05) is 29.0 Å². The van der Waals surface area contributed by atoms with E-state index in [-0.39, 0.29) is 24.6 Å². The Kier molecular flexibility index (Phi) is 6.04. The molecule has 8 nitrogen and oxygen atoms in total. The molecule has 0 saturated heterocycles. The molecule has 0 N–H and O–H groups in total. The van der Waals surface area contributed by atoms with E-state index in [4.69, 9.17) is 14.5 Å². The number of ether oxygens (including phenoxy) is 2. The molecule has 1 aliphatic heterocycles. The number of hydrogen-bond acceptors (Lipinski definition) is 7. The maximum atomic E-state index is 13.5. The van der Waals surface area contributed by atoms with Crippen molar-refractivity contribution in [2.24, 2.45) is 0 Å². The summed E-state index contributed by atoms with van der Waals surface area (Å²) in [5.74, 6) is 0.924. The molecule has 1 aliphatic rings. The number of nitro benzene ring substituents is 1. The molecular formula is C25H21N3O5S. The van der Waals surface area contributed by atoms with Gasteiger partial charge in [0.1, 0.15) is 5.75 Å². The highest BCUT2D eigenvalue weighted by Crippen LogP contribution is 2.36. The van der Waals surface area contributed by atoms with E-state index in [9.17, 15) is 14.9 Å². The average Bonchev–Trinajstić information content (AvgIpc) is 2.87. The molecule has 4 aromatic rings. The van der Waals surface area contributed by atoms with Gasteiger partial charge in [-0.1, -0.05) is 43.0 Å². The number of aromatic nitrogens is 2. The van der Waals surface area contributed by atoms with Crippen molar-refractivity contribution in [3.63, 3.8) is 0 Å². The van der Waals surface area contributed by atoms with Gasteiger partial charge in [0.05, 0.1) is 28.1 Å². The van der Waals surface area contributed by atoms with Crippen molar-refractivity contribution in [1.29, 1.82) is 0 Å². The standard InChI is InChI=1S/C25H21N3O5S/c1-2-16-7-9-19(10-8-16)27-24(29)21-5-3-4-6-22(21)26-25(27)34-14-18-12-20(28(30)31)11-17-13-32-15-33-23(17)18/h3-12H,2,13-15H2,1H3. The van der Waals surface area contributed by atoms with Crippen molar-refractivity contribution in [1.82, 2.24) is 9.55 Å². The van der Waals surface area contributed by atoms with Crippen LogP contribution >= 0.6 is 11.8 Å². The summed E-state index contributed by atoms with van der Waals surface area (Å²) in [4.78, 5) is 29.3. The van der Waals surface area contributed by atoms with Crippen LogP contribution in [0.5, 0.6) is 5.75 Å². The van der Waals surface area contributed by atoms with Gasteiger partial charge in [-0.05, 0) is 36.2 Å². The monoisotopic (exact) mass is 475 g/mol. The lowest BCUT2D eigenvalue weighted by Crippen LogP contribution is -2.21. The molecule has 9 heteroatoms. The summed E-state index contributed by atoms with van der Waals surface area (Å²) in [5.41, 5.74) is 3.59. The van der Waals surface area contributed by atoms with E-state index in [0.717, 1.165) is 6.42 Å². The molecule has 0 saturated carbocycles. The molecule has 3 aromatic carbocycles. The Balaban J connectivity index is 1.60. The maximum Gasteiger partial charge on any atom is 0.270 e. The Labute approximate surface area is 199 Å². The highest BCUT2D eigenvalue weighted by atomic mass is 32.2. The smallest absolute Gasteiger partial charge is 0.270 e. The van der Waals surface area contributed by atoms with Gasteiger partial charge in [-0.15, -0.1) is 0 Å². The highest BCUT2D eigenvalue weighted by molar-refractivity contribution is 7.98. The SMILES string of the molecule is CCc1ccc(-n2c(SCc3cc([N+](=O)[O-])cc4c3OCOC4)nc3ccccc3c2=O)cc1. The van der Waals surface area contributed by atoms with E-state index in [1.165, 1.54) is 29.5 Å². The van der Waals surface area contributed by atoms with Gasteiger partial charge in [-0.3, -0.25) is 19.5 Å². The predicted octanol–water partition coefficient (Wildman–Crippen LogP) is 5.02. The molecule has 0 amide bonds. The summed E-state index contributed by atoms with van der Waals surface area (Å²) >= 11 is 1.34. The molecule has 0 spiro atoms. The molecule has 1 aromatic heterocycles. The van der Waals surface area contributed by atoms with Crippen LogP contribution in [-0.2, 0) is 23.5 Å². The Morgan fingerprint density at radius 3 is 2.71 bits per heavy atom. The number of para-hydroxylation sites is 1. The van der Waals surface area contributed by atoms with Crippen LogP contribution in [0.15, 0.2) is 70.6 Å². The minimum atomic E-state index is -0.428. The Hall–Kier alpha value is -3.69. The van der Waals surface area contributed by atoms with Crippen molar-refractivity contribution in [2.45, 2.75) is 30.9 Å². The Bertz CT molecular complexity index is 1450. The Morgan fingerprint density at radius 2 is 1.94 bits per heavy atom. The fraction of sp³-hybridized carbons (Fsp3) is 0.200. The fourth-order valence-electron chi connectivity index (χ4n) is 3.95. The number of hydrogen-bond donors (Lipinski definition) is 0. The van der Waals surface area contributed by atoms with Gasteiger partial charge in [0.2, 0.25) is 0 Å². The molecule has 172 valence electrons. The molecule has 0 aliphatic carbocycles. The normalized spacial score (nSPS) is 12.9. The summed E-state index contributed by atoms with van der Waals surface area (Å²) in [6, 6.07) is 18.0. The van der Waals surface area contributed by atoms with Crippen LogP contribution in [0.2, 0.25) is 0 Å². The van der Waals surface area contributed by atoms with E-state index in [1.54, 1.807) is 16.7 Å². The number of fused-ring (bicyclic) bond motifs is 2. The van der Waals surface area contributed by atoms with Gasteiger partial charge in [0.15, 0.2) is 11.9 Å². The van der Waals surface area contributed by atoms with Crippen LogP contribution in [-0.4, -0.2) is 21.3 Å². The first-order valence-electron chi connectivity index (χ1n) is 10.8. The minimum absolute atomic E-state index is 0.0255. The van der Waals surface area contributed by atoms with Crippen LogP contribution in [0.25, 0.3) is 16.6 Å². The van der Waals surface area contributed by atoms with E-state index < -0.39 is 4.92 Å². The van der Waals surface area contributed by atoms with E-state index in [0.29, 0.717) is 44.4 Å². The summed E-state index contributed by atoms with van der Waals surface area (Å²) in [6.45, 7) is 2.41. The van der Waals surface area contributed by atoms with Crippen LogP contribution in [0.1, 0.15) is 23.6 Å². The number of nitro groups is 1. The summed E-state index contributed by atoms with van der Waals surface area (Å²) in [6.07, 6.45) is 0.897. The third kappa shape index (κ3) is 4.15. The zero-order valence-electron chi connectivity index (χ0n) is 18.4. The molecule has 0 fully saturated rings. The molecule has 0 bridgehead atoms. The molecule has 0 atom stereocenters. The second-order valence-corrected chi connectivity index (χ2v) is 8.76. The lowest BCUT2D eigenvalue weighted by atomic mass is 10.1. The Morgan fingerprint density at radius 1 is 1.15 bits per heavy atom. The molecule has 0 unspecified atom stereocenters. The second kappa shape index (κ2) is 9.28. The molecule has 0 radical (unpaired) electrons. The molecule has 2 heterocycles. The zero-order chi connectivity index (χ0) is 23.7. The average molecular weight is 476 g/mol. The van der Waals surface area contributed by atoms with Crippen molar-refractivity contribution >= 4 is 28.4 Å². The first-order valence-corrected chi connectivity index (χ1v) is 11.8. The number of thioether (sulfide) groups is 1. The predicted molar refractivity (Wildman–Crippen MR) is 130 cm³/mol. The molecular weight excluding hydrogens is 454 g/mol. The second-order valence-electron chi connectivity index (χ2n) is 7.82. The lowest BCUT2D eigenvalue weighted by Gasteiger charge is -2.20. The minimum Gasteiger partial charge on any atom is -0.467 e. The number of non-ortho nitro benzene ring substituents is 1. The van der Waals surface area contributed by atoms with Crippen LogP contribution in [0.4, 0.5) is 5.69 Å². The number of aryl methyl sites for hydroxylation is 1. The maximum absolute atomic E-state index is 13.5. The lowest BCUT2D eigenvalue weighted by molar-refractivity contribution is -0.385. The van der Waals surface area contributed by atoms with E-state index in [2.05, 4.69) is 6.92 Å². The number of rotatable bonds is 6. The van der Waals surface area contributed by atoms with E-state index >= 15 is 0 Å². The molecule has 5 rings (SSSR count). The van der Waals surface area contributed by atoms with Gasteiger partial charge in [0.25, 0.3) is 11.2 Å². The fourth-order valence-corrected chi connectivity index (χ4v) is 4.93. The van der Waals surface area contributed by atoms with E-state index in [1.807, 2.05) is 36.4 Å². The zero-order valence-corrected chi connectivity index (χ0v) is 19.2. The van der Waals surface area contributed by atoms with Crippen molar-refractivity contribution in [3.8, 4) is 11.4 Å². The summed E-state index contributed by atoms with van der Waals surface area (Å²) in [5, 5.41) is 12.5. The van der Waals surface area contributed by atoms with Gasteiger partial charge < -0.3 is 9.47 Å². The third-order valence-corrected chi connectivity index (χ3v) is 6.67. The number of nitrogens with zero attached hydrogens (tertiary/aromatic N) is 3. The summed E-state index contributed by atoms with van der Waals surface area (Å²) < 4.78 is 12.6. The summed E-state index contributed by atoms with van der Waals surface area (Å²) in [7, 11) is 0.